The van der Waals surface area contributed by atoms with Crippen molar-refractivity contribution in [3.8, 4) is 0 Å². The number of carboxylic acid groups (broad SMARTS) is 1. The Morgan fingerprint density at radius 3 is 2.78 bits per heavy atom. The fraction of sp³-hybridized carbons (Fsp3) is 0.706. The van der Waals surface area contributed by atoms with Gasteiger partial charge >= 0.3 is 5.97 Å². The molecule has 0 bridgehead atoms. The maximum atomic E-state index is 12.9. The molecule has 23 heavy (non-hydrogen) atoms. The second kappa shape index (κ2) is 6.99. The van der Waals surface area contributed by atoms with E-state index in [1.165, 1.54) is 24.2 Å². The number of aryl methyl sites for hydroxylation is 1. The van der Waals surface area contributed by atoms with E-state index in [1.54, 1.807) is 0 Å². The lowest BCUT2D eigenvalue weighted by atomic mass is 9.97. The Labute approximate surface area is 140 Å². The lowest BCUT2D eigenvalue weighted by Crippen LogP contribution is -2.43. The highest BCUT2D eigenvalue weighted by atomic mass is 32.1. The first kappa shape index (κ1) is 16.4. The number of carbonyl (C=O) groups excluding carboxylic acids is 1. The predicted molar refractivity (Wildman–Crippen MR) is 88.8 cm³/mol. The van der Waals surface area contributed by atoms with Gasteiger partial charge in [0.1, 0.15) is 4.88 Å². The maximum Gasteiger partial charge on any atom is 0.303 e. The van der Waals surface area contributed by atoms with Crippen LogP contribution in [0.15, 0.2) is 0 Å². The van der Waals surface area contributed by atoms with Crippen LogP contribution in [0, 0.1) is 12.8 Å². The monoisotopic (exact) mass is 336 g/mol. The molecule has 1 atom stereocenters. The summed E-state index contributed by atoms with van der Waals surface area (Å²) < 4.78 is 0. The quantitative estimate of drug-likeness (QED) is 0.865. The molecule has 1 N–H and O–H groups in total. The molecule has 1 saturated carbocycles. The topological polar surface area (TPSA) is 70.5 Å². The van der Waals surface area contributed by atoms with E-state index in [0.717, 1.165) is 53.7 Å². The van der Waals surface area contributed by atoms with E-state index in [1.807, 2.05) is 11.8 Å². The van der Waals surface area contributed by atoms with Crippen molar-refractivity contribution in [2.24, 2.45) is 5.92 Å². The minimum Gasteiger partial charge on any atom is -0.481 e. The van der Waals surface area contributed by atoms with Gasteiger partial charge < -0.3 is 10.0 Å². The third-order valence-corrected chi connectivity index (χ3v) is 5.94. The van der Waals surface area contributed by atoms with Crippen molar-refractivity contribution < 1.29 is 14.7 Å². The van der Waals surface area contributed by atoms with Crippen LogP contribution in [-0.4, -0.2) is 39.5 Å². The summed E-state index contributed by atoms with van der Waals surface area (Å²) in [6.07, 6.45) is 7.23. The molecule has 0 radical (unpaired) electrons. The third-order valence-electron chi connectivity index (χ3n) is 4.77. The normalized spacial score (nSPS) is 21.4. The first-order valence-electron chi connectivity index (χ1n) is 8.53. The van der Waals surface area contributed by atoms with Crippen LogP contribution < -0.4 is 0 Å². The minimum absolute atomic E-state index is 0.0529. The van der Waals surface area contributed by atoms with Crippen LogP contribution in [0.25, 0.3) is 0 Å². The molecule has 1 unspecified atom stereocenters. The summed E-state index contributed by atoms with van der Waals surface area (Å²) in [5, 5.41) is 9.99. The second-order valence-corrected chi connectivity index (χ2v) is 7.83. The van der Waals surface area contributed by atoms with Gasteiger partial charge in [-0.15, -0.1) is 11.3 Å². The van der Waals surface area contributed by atoms with Gasteiger partial charge in [0.15, 0.2) is 0 Å². The molecule has 0 aromatic carbocycles. The SMILES string of the molecule is Cc1nc(CC2CC2)sc1C(=O)N1CCCCC1CCC(=O)O. The summed E-state index contributed by atoms with van der Waals surface area (Å²) in [6, 6.07) is 0.0562. The van der Waals surface area contributed by atoms with Gasteiger partial charge in [-0.1, -0.05) is 0 Å². The largest absolute Gasteiger partial charge is 0.481 e. The summed E-state index contributed by atoms with van der Waals surface area (Å²) in [5.41, 5.74) is 0.832. The van der Waals surface area contributed by atoms with Gasteiger partial charge in [0.25, 0.3) is 5.91 Å². The number of rotatable bonds is 6. The first-order chi connectivity index (χ1) is 11.0. The van der Waals surface area contributed by atoms with E-state index >= 15 is 0 Å². The number of likely N-dealkylation sites (tertiary alicyclic amines) is 1. The van der Waals surface area contributed by atoms with Crippen molar-refractivity contribution >= 4 is 23.2 Å². The Morgan fingerprint density at radius 2 is 2.09 bits per heavy atom. The van der Waals surface area contributed by atoms with Gasteiger partial charge in [0, 0.05) is 25.4 Å². The van der Waals surface area contributed by atoms with E-state index in [4.69, 9.17) is 5.11 Å². The highest BCUT2D eigenvalue weighted by molar-refractivity contribution is 7.13. The summed E-state index contributed by atoms with van der Waals surface area (Å²) in [5.74, 6) is 0.0302. The predicted octanol–water partition coefficient (Wildman–Crippen LogP) is 3.26. The van der Waals surface area contributed by atoms with Crippen LogP contribution in [0.1, 0.15) is 65.3 Å². The zero-order chi connectivity index (χ0) is 16.4. The molecule has 2 heterocycles. The number of thiazole rings is 1. The summed E-state index contributed by atoms with van der Waals surface area (Å²) in [4.78, 5) is 31.0. The molecule has 3 rings (SSSR count). The number of amides is 1. The number of hydrogen-bond acceptors (Lipinski definition) is 4. The van der Waals surface area contributed by atoms with Crippen molar-refractivity contribution in [3.63, 3.8) is 0 Å². The molecule has 2 aliphatic rings. The van der Waals surface area contributed by atoms with E-state index in [0.29, 0.717) is 6.42 Å². The molecule has 1 aliphatic heterocycles. The zero-order valence-corrected chi connectivity index (χ0v) is 14.4. The molecule has 1 aromatic rings. The lowest BCUT2D eigenvalue weighted by Gasteiger charge is -2.35. The van der Waals surface area contributed by atoms with E-state index in [9.17, 15) is 9.59 Å². The number of aliphatic carboxylic acids is 1. The van der Waals surface area contributed by atoms with Gasteiger partial charge in [-0.05, 0) is 51.4 Å². The van der Waals surface area contributed by atoms with Crippen LogP contribution in [-0.2, 0) is 11.2 Å². The van der Waals surface area contributed by atoms with Crippen molar-refractivity contribution in [2.45, 2.75) is 64.3 Å². The van der Waals surface area contributed by atoms with Gasteiger partial charge in [-0.2, -0.15) is 0 Å². The van der Waals surface area contributed by atoms with Crippen LogP contribution in [0.5, 0.6) is 0 Å². The molecule has 1 saturated heterocycles. The number of piperidine rings is 1. The molecule has 1 aliphatic carbocycles. The lowest BCUT2D eigenvalue weighted by molar-refractivity contribution is -0.137. The molecule has 1 amide bonds. The van der Waals surface area contributed by atoms with E-state index < -0.39 is 5.97 Å². The first-order valence-corrected chi connectivity index (χ1v) is 9.35. The maximum absolute atomic E-state index is 12.9. The highest BCUT2D eigenvalue weighted by Gasteiger charge is 2.31. The smallest absolute Gasteiger partial charge is 0.303 e. The van der Waals surface area contributed by atoms with Crippen LogP contribution in [0.2, 0.25) is 0 Å². The number of carbonyl (C=O) groups is 2. The standard InChI is InChI=1S/C17H24N2O3S/c1-11-16(23-14(18-11)10-12-5-6-12)17(22)19-9-3-2-4-13(19)7-8-15(20)21/h12-13H,2-10H2,1H3,(H,20,21). The Hall–Kier alpha value is -1.43. The Balaban J connectivity index is 1.71. The second-order valence-electron chi connectivity index (χ2n) is 6.75. The average molecular weight is 336 g/mol. The number of nitrogens with zero attached hydrogens (tertiary/aromatic N) is 2. The molecule has 6 heteroatoms. The number of aromatic nitrogens is 1. The summed E-state index contributed by atoms with van der Waals surface area (Å²) >= 11 is 1.54. The van der Waals surface area contributed by atoms with Crippen molar-refractivity contribution in [1.82, 2.24) is 9.88 Å². The van der Waals surface area contributed by atoms with Crippen molar-refractivity contribution in [1.29, 1.82) is 0 Å². The van der Waals surface area contributed by atoms with Crippen molar-refractivity contribution in [2.75, 3.05) is 6.54 Å². The Morgan fingerprint density at radius 1 is 1.30 bits per heavy atom. The molecule has 5 nitrogen and oxygen atoms in total. The molecular formula is C17H24N2O3S. The molecule has 126 valence electrons. The van der Waals surface area contributed by atoms with Crippen molar-refractivity contribution in [3.05, 3.63) is 15.6 Å². The third kappa shape index (κ3) is 4.10. The van der Waals surface area contributed by atoms with Crippen LogP contribution in [0.3, 0.4) is 0 Å². The summed E-state index contributed by atoms with van der Waals surface area (Å²) in [7, 11) is 0. The van der Waals surface area contributed by atoms with Gasteiger partial charge in [0.05, 0.1) is 10.7 Å². The van der Waals surface area contributed by atoms with Crippen LogP contribution >= 0.6 is 11.3 Å². The molecular weight excluding hydrogens is 312 g/mol. The van der Waals surface area contributed by atoms with Crippen LogP contribution in [0.4, 0.5) is 0 Å². The minimum atomic E-state index is -0.788. The average Bonchev–Trinajstić information content (AvgIpc) is 3.26. The van der Waals surface area contributed by atoms with E-state index in [-0.39, 0.29) is 18.4 Å². The summed E-state index contributed by atoms with van der Waals surface area (Å²) in [6.45, 7) is 2.65. The van der Waals surface area contributed by atoms with E-state index in [2.05, 4.69) is 4.98 Å². The van der Waals surface area contributed by atoms with Gasteiger partial charge in [0.2, 0.25) is 0 Å². The molecule has 1 aromatic heterocycles. The van der Waals surface area contributed by atoms with Gasteiger partial charge in [-0.25, -0.2) is 4.98 Å². The number of carboxylic acids is 1. The number of hydrogen-bond donors (Lipinski definition) is 1. The highest BCUT2D eigenvalue weighted by Crippen LogP contribution is 2.35. The zero-order valence-electron chi connectivity index (χ0n) is 13.6. The Bertz CT molecular complexity index is 595. The fourth-order valence-electron chi connectivity index (χ4n) is 3.30. The molecule has 0 spiro atoms. The molecule has 2 fully saturated rings. The Kier molecular flexibility index (Phi) is 4.99. The fourth-order valence-corrected chi connectivity index (χ4v) is 4.43. The van der Waals surface area contributed by atoms with Gasteiger partial charge in [-0.3, -0.25) is 9.59 Å².